The molecule has 2 aromatic heterocycles. The largest absolute Gasteiger partial charge is 0.457 e. The summed E-state index contributed by atoms with van der Waals surface area (Å²) in [6.07, 6.45) is 6.32. The second-order valence-electron chi connectivity index (χ2n) is 7.70. The van der Waals surface area contributed by atoms with Crippen LogP contribution in [0.25, 0.3) is 5.52 Å². The molecule has 3 heterocycles. The fourth-order valence-corrected chi connectivity index (χ4v) is 5.67. The van der Waals surface area contributed by atoms with Gasteiger partial charge in [0.05, 0.1) is 21.5 Å². The van der Waals surface area contributed by atoms with E-state index in [0.717, 1.165) is 24.8 Å². The predicted octanol–water partition coefficient (Wildman–Crippen LogP) is 3.73. The van der Waals surface area contributed by atoms with E-state index < -0.39 is 16.0 Å². The van der Waals surface area contributed by atoms with Crippen molar-refractivity contribution < 1.29 is 17.9 Å². The van der Waals surface area contributed by atoms with Crippen molar-refractivity contribution >= 4 is 21.5 Å². The number of pyridine rings is 1. The Balaban J connectivity index is 1.47. The van der Waals surface area contributed by atoms with Crippen LogP contribution in [-0.4, -0.2) is 35.7 Å². The molecule has 8 heteroatoms. The van der Waals surface area contributed by atoms with Crippen LogP contribution < -0.4 is 0 Å². The van der Waals surface area contributed by atoms with Gasteiger partial charge < -0.3 is 9.14 Å². The van der Waals surface area contributed by atoms with Gasteiger partial charge >= 0.3 is 5.97 Å². The van der Waals surface area contributed by atoms with Crippen molar-refractivity contribution in [2.24, 2.45) is 0 Å². The number of rotatable bonds is 5. The Hall–Kier alpha value is -3.15. The van der Waals surface area contributed by atoms with Crippen LogP contribution in [0.1, 0.15) is 47.7 Å². The van der Waals surface area contributed by atoms with E-state index in [1.807, 2.05) is 35.7 Å². The van der Waals surface area contributed by atoms with E-state index in [9.17, 15) is 18.5 Å². The van der Waals surface area contributed by atoms with Gasteiger partial charge in [0.2, 0.25) is 10.0 Å². The first-order valence-electron chi connectivity index (χ1n) is 10.2. The standard InChI is InChI=1S/C23H23N3O4S/c1-17-6-2-5-13-26(17)31(28,29)20-10-8-18(9-11-20)23(27)30-16-19-15-25-12-4-3-7-22(25)21(19)14-24/h3-4,7-12,15,17H,2,5-6,13,16H2,1H3. The Labute approximate surface area is 181 Å². The highest BCUT2D eigenvalue weighted by atomic mass is 32.2. The van der Waals surface area contributed by atoms with Crippen molar-refractivity contribution in [3.8, 4) is 6.07 Å². The number of benzene rings is 1. The minimum Gasteiger partial charge on any atom is -0.457 e. The van der Waals surface area contributed by atoms with Crippen molar-refractivity contribution in [2.75, 3.05) is 6.54 Å². The molecule has 0 aliphatic carbocycles. The van der Waals surface area contributed by atoms with Crippen LogP contribution in [-0.2, 0) is 21.4 Å². The third kappa shape index (κ3) is 4.07. The Morgan fingerprint density at radius 2 is 1.97 bits per heavy atom. The molecular formula is C23H23N3O4S. The molecule has 1 aromatic carbocycles. The first kappa shape index (κ1) is 21.1. The molecular weight excluding hydrogens is 414 g/mol. The maximum absolute atomic E-state index is 12.9. The van der Waals surface area contributed by atoms with Gasteiger partial charge in [-0.15, -0.1) is 0 Å². The number of carbonyl (C=O) groups excluding carboxylic acids is 1. The summed E-state index contributed by atoms with van der Waals surface area (Å²) in [5.41, 5.74) is 2.08. The first-order chi connectivity index (χ1) is 14.9. The van der Waals surface area contributed by atoms with Gasteiger partial charge in [0.15, 0.2) is 0 Å². The van der Waals surface area contributed by atoms with E-state index in [-0.39, 0.29) is 23.1 Å². The molecule has 1 aliphatic rings. The second-order valence-corrected chi connectivity index (χ2v) is 9.59. The molecule has 4 rings (SSSR count). The van der Waals surface area contributed by atoms with Gasteiger partial charge in [0.1, 0.15) is 12.7 Å². The van der Waals surface area contributed by atoms with Gasteiger partial charge in [-0.2, -0.15) is 9.57 Å². The number of nitriles is 1. The Morgan fingerprint density at radius 3 is 2.68 bits per heavy atom. The van der Waals surface area contributed by atoms with Gasteiger partial charge in [0.25, 0.3) is 0 Å². The first-order valence-corrected chi connectivity index (χ1v) is 11.6. The minimum absolute atomic E-state index is 0.0318. The fraction of sp³-hybridized carbons (Fsp3) is 0.304. The number of fused-ring (bicyclic) bond motifs is 1. The molecule has 0 radical (unpaired) electrons. The molecule has 1 fully saturated rings. The predicted molar refractivity (Wildman–Crippen MR) is 115 cm³/mol. The van der Waals surface area contributed by atoms with E-state index in [1.54, 1.807) is 6.20 Å². The average molecular weight is 438 g/mol. The maximum Gasteiger partial charge on any atom is 0.338 e. The topological polar surface area (TPSA) is 91.9 Å². The SMILES string of the molecule is CC1CCCCN1S(=O)(=O)c1ccc(C(=O)OCc2cn3ccccc3c2C#N)cc1. The van der Waals surface area contributed by atoms with Crippen LogP contribution in [0.2, 0.25) is 0 Å². The van der Waals surface area contributed by atoms with Gasteiger partial charge in [-0.25, -0.2) is 13.2 Å². The van der Waals surface area contributed by atoms with E-state index in [0.29, 0.717) is 17.7 Å². The zero-order valence-electron chi connectivity index (χ0n) is 17.2. The van der Waals surface area contributed by atoms with Crippen molar-refractivity contribution in [1.29, 1.82) is 5.26 Å². The highest BCUT2D eigenvalue weighted by Crippen LogP contribution is 2.25. The smallest absolute Gasteiger partial charge is 0.338 e. The maximum atomic E-state index is 12.9. The Kier molecular flexibility index (Phi) is 5.81. The minimum atomic E-state index is -3.59. The number of hydrogen-bond acceptors (Lipinski definition) is 5. The van der Waals surface area contributed by atoms with Gasteiger partial charge in [-0.1, -0.05) is 12.5 Å². The average Bonchev–Trinajstić information content (AvgIpc) is 3.15. The van der Waals surface area contributed by atoms with E-state index >= 15 is 0 Å². The Bertz CT molecular complexity index is 1260. The zero-order valence-corrected chi connectivity index (χ0v) is 18.0. The van der Waals surface area contributed by atoms with Gasteiger partial charge in [-0.05, 0) is 56.2 Å². The summed E-state index contributed by atoms with van der Waals surface area (Å²) >= 11 is 0. The summed E-state index contributed by atoms with van der Waals surface area (Å²) < 4.78 is 34.6. The molecule has 0 amide bonds. The van der Waals surface area contributed by atoms with Crippen LogP contribution in [0.4, 0.5) is 0 Å². The lowest BCUT2D eigenvalue weighted by atomic mass is 10.1. The molecule has 1 atom stereocenters. The number of carbonyl (C=O) groups is 1. The third-order valence-electron chi connectivity index (χ3n) is 5.67. The third-order valence-corrected chi connectivity index (χ3v) is 7.70. The zero-order chi connectivity index (χ0) is 22.0. The summed E-state index contributed by atoms with van der Waals surface area (Å²) in [5, 5.41) is 9.46. The molecule has 1 unspecified atom stereocenters. The van der Waals surface area contributed by atoms with Crippen molar-refractivity contribution in [3.05, 3.63) is 71.5 Å². The molecule has 0 bridgehead atoms. The molecule has 31 heavy (non-hydrogen) atoms. The number of piperidine rings is 1. The van der Waals surface area contributed by atoms with Gasteiger partial charge in [0, 0.05) is 30.5 Å². The highest BCUT2D eigenvalue weighted by Gasteiger charge is 2.31. The highest BCUT2D eigenvalue weighted by molar-refractivity contribution is 7.89. The van der Waals surface area contributed by atoms with Crippen molar-refractivity contribution in [2.45, 2.75) is 43.7 Å². The number of hydrogen-bond donors (Lipinski definition) is 0. The fourth-order valence-electron chi connectivity index (χ4n) is 3.97. The molecule has 3 aromatic rings. The lowest BCUT2D eigenvalue weighted by Gasteiger charge is -2.32. The summed E-state index contributed by atoms with van der Waals surface area (Å²) in [7, 11) is -3.59. The Morgan fingerprint density at radius 1 is 1.19 bits per heavy atom. The number of nitrogens with zero attached hydrogens (tertiary/aromatic N) is 3. The van der Waals surface area contributed by atoms with E-state index in [4.69, 9.17) is 4.74 Å². The van der Waals surface area contributed by atoms with Gasteiger partial charge in [-0.3, -0.25) is 0 Å². The molecule has 160 valence electrons. The van der Waals surface area contributed by atoms with Crippen molar-refractivity contribution in [3.63, 3.8) is 0 Å². The van der Waals surface area contributed by atoms with Crippen LogP contribution in [0.3, 0.4) is 0 Å². The number of ether oxygens (including phenoxy) is 1. The lowest BCUT2D eigenvalue weighted by molar-refractivity contribution is 0.0472. The summed E-state index contributed by atoms with van der Waals surface area (Å²) in [5.74, 6) is -0.575. The molecule has 0 N–H and O–H groups in total. The van der Waals surface area contributed by atoms with E-state index in [1.165, 1.54) is 28.6 Å². The molecule has 0 saturated carbocycles. The van der Waals surface area contributed by atoms with E-state index in [2.05, 4.69) is 6.07 Å². The lowest BCUT2D eigenvalue weighted by Crippen LogP contribution is -2.41. The summed E-state index contributed by atoms with van der Waals surface area (Å²) in [6, 6.07) is 13.5. The molecule has 7 nitrogen and oxygen atoms in total. The number of sulfonamides is 1. The van der Waals surface area contributed by atoms with Crippen LogP contribution in [0.15, 0.2) is 59.8 Å². The number of aromatic nitrogens is 1. The monoisotopic (exact) mass is 437 g/mol. The normalized spacial score (nSPS) is 17.4. The van der Waals surface area contributed by atoms with Crippen molar-refractivity contribution in [1.82, 2.24) is 8.71 Å². The van der Waals surface area contributed by atoms with Crippen LogP contribution >= 0.6 is 0 Å². The molecule has 0 spiro atoms. The summed E-state index contributed by atoms with van der Waals surface area (Å²) in [6.45, 7) is 2.39. The quantitative estimate of drug-likeness (QED) is 0.567. The second kappa shape index (κ2) is 8.53. The van der Waals surface area contributed by atoms with Crippen LogP contribution in [0, 0.1) is 11.3 Å². The van der Waals surface area contributed by atoms with Crippen LogP contribution in [0.5, 0.6) is 0 Å². The number of esters is 1. The summed E-state index contributed by atoms with van der Waals surface area (Å²) in [4.78, 5) is 12.6. The molecule has 1 saturated heterocycles. The molecule has 1 aliphatic heterocycles.